The van der Waals surface area contributed by atoms with Crippen LogP contribution in [0.5, 0.6) is 0 Å². The van der Waals surface area contributed by atoms with E-state index in [1.54, 1.807) is 18.2 Å². The Morgan fingerprint density at radius 1 is 1.20 bits per heavy atom. The maximum Gasteiger partial charge on any atom is 0.153 e. The molecule has 0 spiro atoms. The zero-order valence-electron chi connectivity index (χ0n) is 10.9. The van der Waals surface area contributed by atoms with Crippen molar-refractivity contribution >= 4 is 22.6 Å². The summed E-state index contributed by atoms with van der Waals surface area (Å²) in [6.07, 6.45) is 0. The van der Waals surface area contributed by atoms with Gasteiger partial charge < -0.3 is 9.73 Å². The monoisotopic (exact) mass is 289 g/mol. The molecule has 0 amide bonds. The van der Waals surface area contributed by atoms with Crippen molar-refractivity contribution in [1.29, 1.82) is 0 Å². The molecule has 0 aliphatic carbocycles. The normalized spacial score (nSPS) is 11.2. The van der Waals surface area contributed by atoms with Gasteiger partial charge in [0.25, 0.3) is 0 Å². The van der Waals surface area contributed by atoms with Crippen molar-refractivity contribution in [1.82, 2.24) is 5.32 Å². The molecule has 0 aliphatic heterocycles. The van der Waals surface area contributed by atoms with Crippen molar-refractivity contribution in [3.8, 4) is 11.3 Å². The summed E-state index contributed by atoms with van der Waals surface area (Å²) >= 11 is 6.07. The lowest BCUT2D eigenvalue weighted by Crippen LogP contribution is -2.05. The standard InChI is InChI=1S/C16H13ClFNO/c1-19-9-10-5-6-12(14(18)7-10)15-8-11-3-2-4-13(17)16(11)20-15/h2-8,19H,9H2,1H3. The van der Waals surface area contributed by atoms with Crippen LogP contribution in [-0.4, -0.2) is 7.05 Å². The second-order valence-electron chi connectivity index (χ2n) is 4.61. The van der Waals surface area contributed by atoms with Gasteiger partial charge in [0.1, 0.15) is 11.6 Å². The molecule has 1 aromatic heterocycles. The number of halogens is 2. The van der Waals surface area contributed by atoms with E-state index in [-0.39, 0.29) is 5.82 Å². The molecule has 0 saturated carbocycles. The molecule has 0 fully saturated rings. The van der Waals surface area contributed by atoms with E-state index in [9.17, 15) is 4.39 Å². The Hall–Kier alpha value is -1.84. The zero-order valence-corrected chi connectivity index (χ0v) is 11.7. The van der Waals surface area contributed by atoms with Gasteiger partial charge in [0.15, 0.2) is 5.58 Å². The fourth-order valence-corrected chi connectivity index (χ4v) is 2.45. The van der Waals surface area contributed by atoms with Gasteiger partial charge in [0, 0.05) is 11.9 Å². The van der Waals surface area contributed by atoms with Crippen LogP contribution in [0.2, 0.25) is 5.02 Å². The third-order valence-electron chi connectivity index (χ3n) is 3.18. The molecule has 1 heterocycles. The Kier molecular flexibility index (Phi) is 3.47. The highest BCUT2D eigenvalue weighted by atomic mass is 35.5. The average molecular weight is 290 g/mol. The number of para-hydroxylation sites is 1. The van der Waals surface area contributed by atoms with Gasteiger partial charge in [-0.15, -0.1) is 0 Å². The molecule has 4 heteroatoms. The van der Waals surface area contributed by atoms with E-state index in [1.807, 2.05) is 25.2 Å². The third-order valence-corrected chi connectivity index (χ3v) is 3.47. The summed E-state index contributed by atoms with van der Waals surface area (Å²) in [5, 5.41) is 4.39. The molecule has 102 valence electrons. The van der Waals surface area contributed by atoms with Crippen LogP contribution in [0.1, 0.15) is 5.56 Å². The molecule has 3 aromatic rings. The topological polar surface area (TPSA) is 25.2 Å². The van der Waals surface area contributed by atoms with Gasteiger partial charge in [-0.3, -0.25) is 0 Å². The van der Waals surface area contributed by atoms with E-state index in [4.69, 9.17) is 16.0 Å². The maximum absolute atomic E-state index is 14.2. The Labute approximate surface area is 121 Å². The molecular weight excluding hydrogens is 277 g/mol. The molecule has 0 atom stereocenters. The number of nitrogens with one attached hydrogen (secondary N) is 1. The van der Waals surface area contributed by atoms with Gasteiger partial charge >= 0.3 is 0 Å². The van der Waals surface area contributed by atoms with Crippen molar-refractivity contribution in [2.75, 3.05) is 7.05 Å². The molecule has 0 unspecified atom stereocenters. The van der Waals surface area contributed by atoms with Crippen LogP contribution < -0.4 is 5.32 Å². The first-order valence-corrected chi connectivity index (χ1v) is 6.68. The summed E-state index contributed by atoms with van der Waals surface area (Å²) < 4.78 is 19.8. The fourth-order valence-electron chi connectivity index (χ4n) is 2.23. The largest absolute Gasteiger partial charge is 0.454 e. The summed E-state index contributed by atoms with van der Waals surface area (Å²) in [7, 11) is 1.83. The molecular formula is C16H13ClFNO. The van der Waals surface area contributed by atoms with Crippen molar-refractivity contribution in [3.63, 3.8) is 0 Å². The maximum atomic E-state index is 14.2. The van der Waals surface area contributed by atoms with Crippen LogP contribution in [0.4, 0.5) is 4.39 Å². The van der Waals surface area contributed by atoms with Crippen LogP contribution in [0.25, 0.3) is 22.3 Å². The summed E-state index contributed by atoms with van der Waals surface area (Å²) in [5.74, 6) is 0.189. The van der Waals surface area contributed by atoms with E-state index in [1.165, 1.54) is 6.07 Å². The number of fused-ring (bicyclic) bond motifs is 1. The SMILES string of the molecule is CNCc1ccc(-c2cc3cccc(Cl)c3o2)c(F)c1. The Bertz CT molecular complexity index is 766. The number of benzene rings is 2. The molecule has 0 radical (unpaired) electrons. The van der Waals surface area contributed by atoms with Crippen LogP contribution >= 0.6 is 11.6 Å². The van der Waals surface area contributed by atoms with Gasteiger partial charge in [-0.05, 0) is 36.9 Å². The van der Waals surface area contributed by atoms with Gasteiger partial charge in [-0.25, -0.2) is 4.39 Å². The first-order chi connectivity index (χ1) is 9.69. The number of hydrogen-bond donors (Lipinski definition) is 1. The van der Waals surface area contributed by atoms with Gasteiger partial charge in [0.05, 0.1) is 10.6 Å². The second-order valence-corrected chi connectivity index (χ2v) is 5.02. The van der Waals surface area contributed by atoms with Crippen molar-refractivity contribution in [3.05, 3.63) is 58.9 Å². The van der Waals surface area contributed by atoms with Crippen molar-refractivity contribution in [2.24, 2.45) is 0 Å². The lowest BCUT2D eigenvalue weighted by atomic mass is 10.1. The van der Waals surface area contributed by atoms with Gasteiger partial charge in [0.2, 0.25) is 0 Å². The van der Waals surface area contributed by atoms with Crippen molar-refractivity contribution in [2.45, 2.75) is 6.54 Å². The first kappa shape index (κ1) is 13.2. The van der Waals surface area contributed by atoms with Crippen LogP contribution in [0.15, 0.2) is 46.9 Å². The first-order valence-electron chi connectivity index (χ1n) is 6.30. The number of hydrogen-bond acceptors (Lipinski definition) is 2. The lowest BCUT2D eigenvalue weighted by Gasteiger charge is -2.03. The third kappa shape index (κ3) is 2.30. The molecule has 0 saturated heterocycles. The van der Waals surface area contributed by atoms with E-state index >= 15 is 0 Å². The molecule has 20 heavy (non-hydrogen) atoms. The zero-order chi connectivity index (χ0) is 14.1. The van der Waals surface area contributed by atoms with Crippen LogP contribution in [0, 0.1) is 5.82 Å². The lowest BCUT2D eigenvalue weighted by molar-refractivity contribution is 0.599. The summed E-state index contributed by atoms with van der Waals surface area (Å²) in [6, 6.07) is 12.4. The van der Waals surface area contributed by atoms with E-state index in [2.05, 4.69) is 5.32 Å². The summed E-state index contributed by atoms with van der Waals surface area (Å²) in [5.41, 5.74) is 1.92. The van der Waals surface area contributed by atoms with E-state index < -0.39 is 0 Å². The minimum Gasteiger partial charge on any atom is -0.454 e. The van der Waals surface area contributed by atoms with Crippen molar-refractivity contribution < 1.29 is 8.81 Å². The molecule has 2 nitrogen and oxygen atoms in total. The van der Waals surface area contributed by atoms with Crippen LogP contribution in [0.3, 0.4) is 0 Å². The quantitative estimate of drug-likeness (QED) is 0.761. The smallest absolute Gasteiger partial charge is 0.153 e. The summed E-state index contributed by atoms with van der Waals surface area (Å²) in [6.45, 7) is 0.628. The van der Waals surface area contributed by atoms with Crippen LogP contribution in [-0.2, 0) is 6.54 Å². The molecule has 1 N–H and O–H groups in total. The molecule has 0 aliphatic rings. The minimum atomic E-state index is -0.298. The molecule has 0 bridgehead atoms. The predicted molar refractivity (Wildman–Crippen MR) is 79.4 cm³/mol. The fraction of sp³-hybridized carbons (Fsp3) is 0.125. The number of rotatable bonds is 3. The minimum absolute atomic E-state index is 0.298. The van der Waals surface area contributed by atoms with Gasteiger partial charge in [-0.1, -0.05) is 29.8 Å². The number of furan rings is 1. The molecule has 2 aromatic carbocycles. The Balaban J connectivity index is 2.08. The predicted octanol–water partition coefficient (Wildman–Crippen LogP) is 4.61. The van der Waals surface area contributed by atoms with Gasteiger partial charge in [-0.2, -0.15) is 0 Å². The second kappa shape index (κ2) is 5.27. The highest BCUT2D eigenvalue weighted by Crippen LogP contribution is 2.33. The average Bonchev–Trinajstić information content (AvgIpc) is 2.84. The van der Waals surface area contributed by atoms with E-state index in [0.717, 1.165) is 10.9 Å². The summed E-state index contributed by atoms with van der Waals surface area (Å²) in [4.78, 5) is 0. The Morgan fingerprint density at radius 2 is 2.05 bits per heavy atom. The highest BCUT2D eigenvalue weighted by Gasteiger charge is 2.12. The molecule has 3 rings (SSSR count). The Morgan fingerprint density at radius 3 is 2.75 bits per heavy atom. The highest BCUT2D eigenvalue weighted by molar-refractivity contribution is 6.34. The van der Waals surface area contributed by atoms with E-state index in [0.29, 0.717) is 28.5 Å².